The molecule has 1 aromatic carbocycles. The molecule has 0 amide bonds. The van der Waals surface area contributed by atoms with Crippen molar-refractivity contribution < 1.29 is 0 Å². The van der Waals surface area contributed by atoms with Crippen molar-refractivity contribution in [1.82, 2.24) is 5.43 Å². The highest BCUT2D eigenvalue weighted by molar-refractivity contribution is 5.30. The second-order valence-electron chi connectivity index (χ2n) is 4.62. The number of nitrogens with one attached hydrogen (secondary N) is 1. The number of hydrogen-bond donors (Lipinski definition) is 2. The van der Waals surface area contributed by atoms with Crippen LogP contribution in [-0.2, 0) is 5.41 Å². The fourth-order valence-electron chi connectivity index (χ4n) is 2.79. The largest absolute Gasteiger partial charge is 0.271 e. The maximum atomic E-state index is 5.69. The van der Waals surface area contributed by atoms with Gasteiger partial charge in [-0.2, -0.15) is 0 Å². The maximum absolute atomic E-state index is 5.69. The van der Waals surface area contributed by atoms with Gasteiger partial charge in [0.05, 0.1) is 0 Å². The number of rotatable bonds is 5. The molecule has 0 bridgehead atoms. The van der Waals surface area contributed by atoms with Gasteiger partial charge in [0.15, 0.2) is 0 Å². The lowest BCUT2D eigenvalue weighted by Gasteiger charge is -2.48. The minimum absolute atomic E-state index is 0.226. The molecule has 86 valence electrons. The Balaban J connectivity index is 2.28. The number of hydrogen-bond acceptors (Lipinski definition) is 2. The van der Waals surface area contributed by atoms with Gasteiger partial charge < -0.3 is 0 Å². The van der Waals surface area contributed by atoms with E-state index in [9.17, 15) is 0 Å². The van der Waals surface area contributed by atoms with Crippen LogP contribution in [0.15, 0.2) is 43.0 Å². The van der Waals surface area contributed by atoms with Crippen LogP contribution in [0.25, 0.3) is 0 Å². The topological polar surface area (TPSA) is 38.0 Å². The predicted molar refractivity (Wildman–Crippen MR) is 67.9 cm³/mol. The fourth-order valence-corrected chi connectivity index (χ4v) is 2.79. The summed E-state index contributed by atoms with van der Waals surface area (Å²) in [5.74, 6) is 5.69. The molecular formula is C14H20N2. The van der Waals surface area contributed by atoms with Crippen LogP contribution in [0.5, 0.6) is 0 Å². The molecule has 0 radical (unpaired) electrons. The zero-order valence-electron chi connectivity index (χ0n) is 9.65. The minimum atomic E-state index is 0.226. The lowest BCUT2D eigenvalue weighted by molar-refractivity contribution is 0.170. The van der Waals surface area contributed by atoms with E-state index < -0.39 is 0 Å². The zero-order chi connectivity index (χ0) is 11.4. The smallest absolute Gasteiger partial charge is 0.0341 e. The molecule has 1 atom stereocenters. The van der Waals surface area contributed by atoms with E-state index in [0.29, 0.717) is 6.04 Å². The molecule has 0 saturated heterocycles. The Morgan fingerprint density at radius 1 is 1.38 bits per heavy atom. The summed E-state index contributed by atoms with van der Waals surface area (Å²) in [7, 11) is 0. The highest BCUT2D eigenvalue weighted by Gasteiger charge is 2.44. The van der Waals surface area contributed by atoms with Crippen LogP contribution in [0, 0.1) is 0 Å². The zero-order valence-corrected chi connectivity index (χ0v) is 9.65. The average molecular weight is 216 g/mol. The van der Waals surface area contributed by atoms with Gasteiger partial charge in [0.25, 0.3) is 0 Å². The van der Waals surface area contributed by atoms with Crippen molar-refractivity contribution >= 4 is 0 Å². The monoisotopic (exact) mass is 216 g/mol. The lowest BCUT2D eigenvalue weighted by Crippen LogP contribution is -2.54. The van der Waals surface area contributed by atoms with Crippen LogP contribution in [0.4, 0.5) is 0 Å². The summed E-state index contributed by atoms with van der Waals surface area (Å²) in [6.45, 7) is 3.82. The van der Waals surface area contributed by atoms with Crippen LogP contribution in [0.2, 0.25) is 0 Å². The van der Waals surface area contributed by atoms with Crippen molar-refractivity contribution in [3.8, 4) is 0 Å². The summed E-state index contributed by atoms with van der Waals surface area (Å²) in [4.78, 5) is 0. The molecule has 1 aliphatic rings. The van der Waals surface area contributed by atoms with Gasteiger partial charge in [-0.05, 0) is 24.8 Å². The van der Waals surface area contributed by atoms with E-state index in [0.717, 1.165) is 6.42 Å². The van der Waals surface area contributed by atoms with E-state index in [-0.39, 0.29) is 5.41 Å². The van der Waals surface area contributed by atoms with Crippen LogP contribution in [-0.4, -0.2) is 6.04 Å². The fraction of sp³-hybridized carbons (Fsp3) is 0.429. The summed E-state index contributed by atoms with van der Waals surface area (Å²) < 4.78 is 0. The molecular weight excluding hydrogens is 196 g/mol. The van der Waals surface area contributed by atoms with Crippen molar-refractivity contribution in [2.75, 3.05) is 0 Å². The Hall–Kier alpha value is -1.12. The minimum Gasteiger partial charge on any atom is -0.271 e. The van der Waals surface area contributed by atoms with E-state index in [1.807, 2.05) is 6.08 Å². The van der Waals surface area contributed by atoms with Crippen molar-refractivity contribution in [2.24, 2.45) is 5.84 Å². The third-order valence-corrected chi connectivity index (χ3v) is 3.87. The van der Waals surface area contributed by atoms with Crippen molar-refractivity contribution in [3.05, 3.63) is 48.6 Å². The first-order chi connectivity index (χ1) is 7.83. The number of nitrogens with two attached hydrogens (primary N) is 1. The quantitative estimate of drug-likeness (QED) is 0.451. The average Bonchev–Trinajstić information content (AvgIpc) is 2.28. The molecule has 2 rings (SSSR count). The SMILES string of the molecule is C=CCC(NN)C1(c2ccccc2)CCC1. The number of benzene rings is 1. The summed E-state index contributed by atoms with van der Waals surface area (Å²) in [5.41, 5.74) is 4.61. The van der Waals surface area contributed by atoms with Gasteiger partial charge >= 0.3 is 0 Å². The second-order valence-corrected chi connectivity index (χ2v) is 4.62. The van der Waals surface area contributed by atoms with E-state index >= 15 is 0 Å². The summed E-state index contributed by atoms with van der Waals surface area (Å²) in [6, 6.07) is 11.0. The molecule has 2 heteroatoms. The van der Waals surface area contributed by atoms with E-state index in [1.54, 1.807) is 0 Å². The van der Waals surface area contributed by atoms with E-state index in [4.69, 9.17) is 5.84 Å². The molecule has 0 aliphatic heterocycles. The lowest BCUT2D eigenvalue weighted by atomic mass is 9.59. The van der Waals surface area contributed by atoms with E-state index in [1.165, 1.54) is 24.8 Å². The van der Waals surface area contributed by atoms with Gasteiger partial charge in [0.2, 0.25) is 0 Å². The highest BCUT2D eigenvalue weighted by Crippen LogP contribution is 2.47. The first kappa shape index (κ1) is 11.4. The molecule has 1 unspecified atom stereocenters. The van der Waals surface area contributed by atoms with E-state index in [2.05, 4.69) is 42.3 Å². The number of hydrazine groups is 1. The molecule has 1 aliphatic carbocycles. The van der Waals surface area contributed by atoms with Crippen LogP contribution < -0.4 is 11.3 Å². The summed E-state index contributed by atoms with van der Waals surface area (Å²) >= 11 is 0. The summed E-state index contributed by atoms with van der Waals surface area (Å²) in [5, 5.41) is 0. The predicted octanol–water partition coefficient (Wildman–Crippen LogP) is 2.52. The second kappa shape index (κ2) is 4.81. The Bertz CT molecular complexity index is 341. The molecule has 16 heavy (non-hydrogen) atoms. The van der Waals surface area contributed by atoms with Crippen LogP contribution in [0.1, 0.15) is 31.2 Å². The molecule has 0 heterocycles. The standard InChI is InChI=1S/C14H20N2/c1-2-7-13(16-15)14(10-6-11-14)12-8-4-3-5-9-12/h2-5,8-9,13,16H,1,6-7,10-11,15H2. The van der Waals surface area contributed by atoms with Crippen LogP contribution in [0.3, 0.4) is 0 Å². The molecule has 1 aromatic rings. The Labute approximate surface area is 97.5 Å². The van der Waals surface area contributed by atoms with Gasteiger partial charge in [0, 0.05) is 11.5 Å². The molecule has 1 fully saturated rings. The molecule has 0 aromatic heterocycles. The molecule has 2 nitrogen and oxygen atoms in total. The van der Waals surface area contributed by atoms with Gasteiger partial charge in [-0.1, -0.05) is 42.8 Å². The van der Waals surface area contributed by atoms with Crippen LogP contribution >= 0.6 is 0 Å². The maximum Gasteiger partial charge on any atom is 0.0341 e. The third-order valence-electron chi connectivity index (χ3n) is 3.87. The highest BCUT2D eigenvalue weighted by atomic mass is 15.2. The van der Waals surface area contributed by atoms with Gasteiger partial charge in [-0.3, -0.25) is 11.3 Å². The molecule has 3 N–H and O–H groups in total. The van der Waals surface area contributed by atoms with Gasteiger partial charge in [-0.25, -0.2) is 0 Å². The van der Waals surface area contributed by atoms with Crippen molar-refractivity contribution in [3.63, 3.8) is 0 Å². The van der Waals surface area contributed by atoms with Gasteiger partial charge in [-0.15, -0.1) is 6.58 Å². The molecule has 0 spiro atoms. The summed E-state index contributed by atoms with van der Waals surface area (Å²) in [6.07, 6.45) is 6.61. The normalized spacial score (nSPS) is 19.8. The Kier molecular flexibility index (Phi) is 3.42. The molecule has 1 saturated carbocycles. The first-order valence-electron chi connectivity index (χ1n) is 5.96. The van der Waals surface area contributed by atoms with Gasteiger partial charge in [0.1, 0.15) is 0 Å². The van der Waals surface area contributed by atoms with Crippen molar-refractivity contribution in [1.29, 1.82) is 0 Å². The first-order valence-corrected chi connectivity index (χ1v) is 5.96. The Morgan fingerprint density at radius 3 is 2.50 bits per heavy atom. The van der Waals surface area contributed by atoms with Crippen molar-refractivity contribution in [2.45, 2.75) is 37.1 Å². The third kappa shape index (κ3) is 1.79. The Morgan fingerprint density at radius 2 is 2.06 bits per heavy atom.